The van der Waals surface area contributed by atoms with Crippen molar-refractivity contribution in [2.75, 3.05) is 6.54 Å². The van der Waals surface area contributed by atoms with Crippen LogP contribution in [-0.2, 0) is 11.3 Å². The molecule has 0 aliphatic carbocycles. The molecule has 1 fully saturated rings. The molecule has 122 valence electrons. The van der Waals surface area contributed by atoms with Gasteiger partial charge in [-0.25, -0.2) is 0 Å². The lowest BCUT2D eigenvalue weighted by Crippen LogP contribution is -2.45. The number of rotatable bonds is 4. The van der Waals surface area contributed by atoms with Crippen LogP contribution >= 0.6 is 0 Å². The van der Waals surface area contributed by atoms with Gasteiger partial charge in [-0.15, -0.1) is 0 Å². The fraction of sp³-hybridized carbons (Fsp3) is 0.278. The van der Waals surface area contributed by atoms with Crippen molar-refractivity contribution in [3.63, 3.8) is 0 Å². The first-order valence-corrected chi connectivity index (χ1v) is 7.80. The van der Waals surface area contributed by atoms with E-state index in [1.807, 2.05) is 6.07 Å². The van der Waals surface area contributed by atoms with Gasteiger partial charge in [0.15, 0.2) is 0 Å². The van der Waals surface area contributed by atoms with E-state index in [9.17, 15) is 9.59 Å². The molecule has 1 N–H and O–H groups in total. The van der Waals surface area contributed by atoms with Crippen LogP contribution in [0.1, 0.15) is 34.5 Å². The molecular formula is C18H17N3O3. The van der Waals surface area contributed by atoms with Gasteiger partial charge in [-0.3, -0.25) is 9.59 Å². The molecule has 1 aromatic carbocycles. The molecule has 6 nitrogen and oxygen atoms in total. The Hall–Kier alpha value is -3.07. The lowest BCUT2D eigenvalue weighted by molar-refractivity contribution is -0.125. The molecule has 1 aromatic heterocycles. The number of carbonyl (C=O) groups is 2. The van der Waals surface area contributed by atoms with Crippen LogP contribution in [0.25, 0.3) is 0 Å². The summed E-state index contributed by atoms with van der Waals surface area (Å²) >= 11 is 0. The fourth-order valence-electron chi connectivity index (χ4n) is 2.84. The highest BCUT2D eigenvalue weighted by molar-refractivity contribution is 5.98. The Morgan fingerprint density at radius 1 is 1.29 bits per heavy atom. The first-order chi connectivity index (χ1) is 11.7. The molecule has 2 heterocycles. The number of hydrogen-bond acceptors (Lipinski definition) is 4. The highest BCUT2D eigenvalue weighted by atomic mass is 16.3. The van der Waals surface area contributed by atoms with Gasteiger partial charge in [0.1, 0.15) is 11.8 Å². The van der Waals surface area contributed by atoms with Gasteiger partial charge < -0.3 is 14.6 Å². The van der Waals surface area contributed by atoms with Crippen molar-refractivity contribution >= 4 is 11.8 Å². The lowest BCUT2D eigenvalue weighted by Gasteiger charge is -2.24. The zero-order valence-electron chi connectivity index (χ0n) is 13.1. The zero-order valence-corrected chi connectivity index (χ0v) is 13.1. The van der Waals surface area contributed by atoms with Crippen LogP contribution in [-0.4, -0.2) is 29.3 Å². The van der Waals surface area contributed by atoms with Gasteiger partial charge in [0, 0.05) is 12.1 Å². The number of hydrogen-bond donors (Lipinski definition) is 1. The molecule has 2 aromatic rings. The number of likely N-dealkylation sites (tertiary alicyclic amines) is 1. The summed E-state index contributed by atoms with van der Waals surface area (Å²) in [5, 5.41) is 11.6. The van der Waals surface area contributed by atoms with Crippen LogP contribution < -0.4 is 5.32 Å². The van der Waals surface area contributed by atoms with Crippen molar-refractivity contribution in [3.8, 4) is 6.07 Å². The van der Waals surface area contributed by atoms with Crippen LogP contribution in [0.2, 0.25) is 0 Å². The van der Waals surface area contributed by atoms with Gasteiger partial charge in [-0.1, -0.05) is 0 Å². The topological polar surface area (TPSA) is 86.3 Å². The minimum absolute atomic E-state index is 0.175. The summed E-state index contributed by atoms with van der Waals surface area (Å²) in [6.07, 6.45) is 2.99. The van der Waals surface area contributed by atoms with Crippen molar-refractivity contribution in [1.29, 1.82) is 5.26 Å². The van der Waals surface area contributed by atoms with Crippen molar-refractivity contribution in [3.05, 3.63) is 59.5 Å². The molecule has 0 bridgehead atoms. The molecule has 0 unspecified atom stereocenters. The van der Waals surface area contributed by atoms with Crippen molar-refractivity contribution in [2.45, 2.75) is 25.4 Å². The van der Waals surface area contributed by atoms with E-state index in [2.05, 4.69) is 5.32 Å². The van der Waals surface area contributed by atoms with Crippen LogP contribution in [0.3, 0.4) is 0 Å². The Morgan fingerprint density at radius 2 is 2.08 bits per heavy atom. The van der Waals surface area contributed by atoms with Gasteiger partial charge in [-0.05, 0) is 49.2 Å². The zero-order chi connectivity index (χ0) is 16.9. The van der Waals surface area contributed by atoms with E-state index >= 15 is 0 Å². The Bertz CT molecular complexity index is 760. The molecule has 0 saturated carbocycles. The molecule has 1 aliphatic rings. The summed E-state index contributed by atoms with van der Waals surface area (Å²) in [5.41, 5.74) is 0.987. The number of amides is 2. The number of benzene rings is 1. The number of furan rings is 1. The first kappa shape index (κ1) is 15.8. The van der Waals surface area contributed by atoms with Gasteiger partial charge in [0.05, 0.1) is 24.4 Å². The number of nitrogens with one attached hydrogen (secondary N) is 1. The monoisotopic (exact) mass is 323 g/mol. The van der Waals surface area contributed by atoms with Crippen molar-refractivity contribution in [2.24, 2.45) is 0 Å². The van der Waals surface area contributed by atoms with Crippen LogP contribution in [0.4, 0.5) is 0 Å². The predicted octanol–water partition coefficient (Wildman–Crippen LogP) is 2.07. The van der Waals surface area contributed by atoms with Gasteiger partial charge in [-0.2, -0.15) is 5.26 Å². The molecule has 3 rings (SSSR count). The standard InChI is InChI=1S/C18H17N3O3/c19-11-13-5-7-14(8-6-13)18(23)21-9-1-4-16(21)17(22)20-12-15-3-2-10-24-15/h2-3,5-8,10,16H,1,4,9,12H2,(H,20,22)/t16-/m0/s1. The predicted molar refractivity (Wildman–Crippen MR) is 85.8 cm³/mol. The second-order valence-electron chi connectivity index (χ2n) is 5.64. The first-order valence-electron chi connectivity index (χ1n) is 7.80. The second-order valence-corrected chi connectivity index (χ2v) is 5.64. The summed E-state index contributed by atoms with van der Waals surface area (Å²) in [7, 11) is 0. The Kier molecular flexibility index (Phi) is 4.62. The minimum Gasteiger partial charge on any atom is -0.467 e. The molecule has 0 spiro atoms. The maximum atomic E-state index is 12.6. The third kappa shape index (κ3) is 3.30. The fourth-order valence-corrected chi connectivity index (χ4v) is 2.84. The Morgan fingerprint density at radius 3 is 2.75 bits per heavy atom. The molecule has 6 heteroatoms. The van der Waals surface area contributed by atoms with E-state index in [0.29, 0.717) is 36.4 Å². The van der Waals surface area contributed by atoms with E-state index in [1.165, 1.54) is 0 Å². The molecule has 1 aliphatic heterocycles. The number of carbonyl (C=O) groups excluding carboxylic acids is 2. The normalized spacial score (nSPS) is 16.6. The van der Waals surface area contributed by atoms with Crippen LogP contribution in [0.5, 0.6) is 0 Å². The maximum Gasteiger partial charge on any atom is 0.254 e. The highest BCUT2D eigenvalue weighted by Crippen LogP contribution is 2.21. The molecule has 24 heavy (non-hydrogen) atoms. The summed E-state index contributed by atoms with van der Waals surface area (Å²) in [5.74, 6) is 0.312. The average molecular weight is 323 g/mol. The van der Waals surface area contributed by atoms with E-state index < -0.39 is 6.04 Å². The number of nitriles is 1. The van der Waals surface area contributed by atoms with Crippen LogP contribution in [0, 0.1) is 11.3 Å². The molecule has 1 atom stereocenters. The molecular weight excluding hydrogens is 306 g/mol. The highest BCUT2D eigenvalue weighted by Gasteiger charge is 2.34. The van der Waals surface area contributed by atoms with E-state index in [1.54, 1.807) is 47.6 Å². The molecule has 0 radical (unpaired) electrons. The third-order valence-electron chi connectivity index (χ3n) is 4.09. The smallest absolute Gasteiger partial charge is 0.254 e. The molecule has 2 amide bonds. The SMILES string of the molecule is N#Cc1ccc(C(=O)N2CCC[C@H]2C(=O)NCc2ccco2)cc1. The van der Waals surface area contributed by atoms with Gasteiger partial charge in [0.2, 0.25) is 5.91 Å². The Balaban J connectivity index is 1.66. The quantitative estimate of drug-likeness (QED) is 0.933. The van der Waals surface area contributed by atoms with Crippen molar-refractivity contribution in [1.82, 2.24) is 10.2 Å². The summed E-state index contributed by atoms with van der Waals surface area (Å²) in [6.45, 7) is 0.860. The largest absolute Gasteiger partial charge is 0.467 e. The summed E-state index contributed by atoms with van der Waals surface area (Å²) in [6, 6.07) is 11.6. The third-order valence-corrected chi connectivity index (χ3v) is 4.09. The minimum atomic E-state index is -0.469. The van der Waals surface area contributed by atoms with Crippen LogP contribution in [0.15, 0.2) is 47.1 Å². The molecule has 1 saturated heterocycles. The Labute approximate surface area is 139 Å². The van der Waals surface area contributed by atoms with E-state index in [0.717, 1.165) is 6.42 Å². The number of nitrogens with zero attached hydrogens (tertiary/aromatic N) is 2. The maximum absolute atomic E-state index is 12.6. The summed E-state index contributed by atoms with van der Waals surface area (Å²) < 4.78 is 5.19. The second kappa shape index (κ2) is 7.01. The van der Waals surface area contributed by atoms with Crippen molar-refractivity contribution < 1.29 is 14.0 Å². The van der Waals surface area contributed by atoms with E-state index in [4.69, 9.17) is 9.68 Å². The van der Waals surface area contributed by atoms with E-state index in [-0.39, 0.29) is 11.8 Å². The van der Waals surface area contributed by atoms with Gasteiger partial charge >= 0.3 is 0 Å². The van der Waals surface area contributed by atoms with Gasteiger partial charge in [0.25, 0.3) is 5.91 Å². The average Bonchev–Trinajstić information content (AvgIpc) is 3.30. The lowest BCUT2D eigenvalue weighted by atomic mass is 10.1. The summed E-state index contributed by atoms with van der Waals surface area (Å²) in [4.78, 5) is 26.6.